The highest BCUT2D eigenvalue weighted by Crippen LogP contribution is 2.25. The Labute approximate surface area is 74.9 Å². The van der Waals surface area contributed by atoms with Crippen molar-refractivity contribution in [3.05, 3.63) is 0 Å². The number of carbonyl (C=O) groups excluding carboxylic acids is 1. The molecule has 0 unspecified atom stereocenters. The molecule has 0 atom stereocenters. The molecular formula is C10H19NO. The van der Waals surface area contributed by atoms with Gasteiger partial charge in [0.25, 0.3) is 0 Å². The molecule has 2 nitrogen and oxygen atoms in total. The van der Waals surface area contributed by atoms with Crippen molar-refractivity contribution in [3.63, 3.8) is 0 Å². The first-order chi connectivity index (χ1) is 5.61. The van der Waals surface area contributed by atoms with E-state index in [0.717, 1.165) is 6.54 Å². The highest BCUT2D eigenvalue weighted by molar-refractivity contribution is 5.73. The number of rotatable bonds is 3. The maximum Gasteiger partial charge on any atom is 0.219 e. The molecule has 12 heavy (non-hydrogen) atoms. The molecule has 1 saturated carbocycles. The van der Waals surface area contributed by atoms with Crippen LogP contribution in [0.15, 0.2) is 0 Å². The van der Waals surface area contributed by atoms with Gasteiger partial charge in [0.15, 0.2) is 0 Å². The molecule has 1 aliphatic rings. The van der Waals surface area contributed by atoms with E-state index in [1.807, 2.05) is 4.90 Å². The van der Waals surface area contributed by atoms with Gasteiger partial charge in [0.05, 0.1) is 0 Å². The smallest absolute Gasteiger partial charge is 0.219 e. The summed E-state index contributed by atoms with van der Waals surface area (Å²) in [6.07, 6.45) is 3.73. The third-order valence-electron chi connectivity index (χ3n) is 2.48. The number of amides is 1. The Kier molecular flexibility index (Phi) is 3.12. The summed E-state index contributed by atoms with van der Waals surface area (Å²) in [5.41, 5.74) is 0. The lowest BCUT2D eigenvalue weighted by molar-refractivity contribution is -0.133. The van der Waals surface area contributed by atoms with Crippen LogP contribution in [0.1, 0.15) is 40.0 Å². The van der Waals surface area contributed by atoms with Gasteiger partial charge >= 0.3 is 0 Å². The van der Waals surface area contributed by atoms with Crippen LogP contribution in [0.5, 0.6) is 0 Å². The van der Waals surface area contributed by atoms with Crippen LogP contribution in [0.4, 0.5) is 0 Å². The van der Waals surface area contributed by atoms with Crippen molar-refractivity contribution >= 4 is 5.91 Å². The predicted molar refractivity (Wildman–Crippen MR) is 49.9 cm³/mol. The first-order valence-electron chi connectivity index (χ1n) is 4.88. The van der Waals surface area contributed by atoms with Crippen molar-refractivity contribution in [1.82, 2.24) is 4.90 Å². The maximum atomic E-state index is 11.2. The Morgan fingerprint density at radius 2 is 2.08 bits per heavy atom. The van der Waals surface area contributed by atoms with Gasteiger partial charge in [0, 0.05) is 19.5 Å². The topological polar surface area (TPSA) is 20.3 Å². The quantitative estimate of drug-likeness (QED) is 0.633. The molecular weight excluding hydrogens is 150 g/mol. The molecule has 0 aliphatic heterocycles. The lowest BCUT2D eigenvalue weighted by Crippen LogP contribution is -2.44. The second-order valence-corrected chi connectivity index (χ2v) is 4.15. The summed E-state index contributed by atoms with van der Waals surface area (Å²) in [7, 11) is 0. The third-order valence-corrected chi connectivity index (χ3v) is 2.48. The van der Waals surface area contributed by atoms with Gasteiger partial charge in [-0.1, -0.05) is 13.8 Å². The van der Waals surface area contributed by atoms with Crippen molar-refractivity contribution in [1.29, 1.82) is 0 Å². The average Bonchev–Trinajstić information content (AvgIpc) is 1.80. The number of nitrogens with zero attached hydrogens (tertiary/aromatic N) is 1. The number of hydrogen-bond acceptors (Lipinski definition) is 1. The van der Waals surface area contributed by atoms with Gasteiger partial charge in [-0.3, -0.25) is 4.79 Å². The minimum Gasteiger partial charge on any atom is -0.340 e. The van der Waals surface area contributed by atoms with Crippen molar-refractivity contribution in [2.45, 2.75) is 46.1 Å². The summed E-state index contributed by atoms with van der Waals surface area (Å²) >= 11 is 0. The molecule has 0 spiro atoms. The maximum absolute atomic E-state index is 11.2. The van der Waals surface area contributed by atoms with Crippen molar-refractivity contribution in [3.8, 4) is 0 Å². The molecule has 70 valence electrons. The fourth-order valence-electron chi connectivity index (χ4n) is 1.63. The molecule has 0 aromatic carbocycles. The summed E-state index contributed by atoms with van der Waals surface area (Å²) in [6, 6.07) is 0.560. The van der Waals surface area contributed by atoms with E-state index in [4.69, 9.17) is 0 Å². The summed E-state index contributed by atoms with van der Waals surface area (Å²) < 4.78 is 0. The van der Waals surface area contributed by atoms with Crippen molar-refractivity contribution < 1.29 is 4.79 Å². The summed E-state index contributed by atoms with van der Waals surface area (Å²) in [6.45, 7) is 6.93. The highest BCUT2D eigenvalue weighted by Gasteiger charge is 2.26. The second kappa shape index (κ2) is 3.92. The SMILES string of the molecule is CC(=O)N(CC(C)C)C1CCC1. The van der Waals surface area contributed by atoms with Gasteiger partial charge in [0.2, 0.25) is 5.91 Å². The van der Waals surface area contributed by atoms with Crippen molar-refractivity contribution in [2.75, 3.05) is 6.54 Å². The molecule has 0 aromatic rings. The minimum atomic E-state index is 0.244. The van der Waals surface area contributed by atoms with Gasteiger partial charge < -0.3 is 4.90 Å². The van der Waals surface area contributed by atoms with Gasteiger partial charge in [-0.05, 0) is 25.2 Å². The van der Waals surface area contributed by atoms with Gasteiger partial charge in [-0.2, -0.15) is 0 Å². The molecule has 0 heterocycles. The summed E-state index contributed by atoms with van der Waals surface area (Å²) in [4.78, 5) is 13.3. The van der Waals surface area contributed by atoms with Crippen LogP contribution in [-0.2, 0) is 4.79 Å². The Hall–Kier alpha value is -0.530. The molecule has 0 bridgehead atoms. The molecule has 0 saturated heterocycles. The molecule has 2 heteroatoms. The normalized spacial score (nSPS) is 17.7. The highest BCUT2D eigenvalue weighted by atomic mass is 16.2. The summed E-state index contributed by atoms with van der Waals surface area (Å²) in [5.74, 6) is 0.836. The van der Waals surface area contributed by atoms with Crippen LogP contribution >= 0.6 is 0 Å². The fraction of sp³-hybridized carbons (Fsp3) is 0.900. The van der Waals surface area contributed by atoms with E-state index in [2.05, 4.69) is 13.8 Å². The number of hydrogen-bond donors (Lipinski definition) is 0. The molecule has 1 fully saturated rings. The minimum absolute atomic E-state index is 0.244. The third kappa shape index (κ3) is 2.23. The number of carbonyl (C=O) groups is 1. The zero-order valence-corrected chi connectivity index (χ0v) is 8.34. The van der Waals surface area contributed by atoms with Crippen LogP contribution < -0.4 is 0 Å². The van der Waals surface area contributed by atoms with Gasteiger partial charge in [-0.15, -0.1) is 0 Å². The molecule has 1 rings (SSSR count). The molecule has 0 radical (unpaired) electrons. The zero-order chi connectivity index (χ0) is 9.14. The Morgan fingerprint density at radius 1 is 1.50 bits per heavy atom. The summed E-state index contributed by atoms with van der Waals surface area (Å²) in [5, 5.41) is 0. The fourth-order valence-corrected chi connectivity index (χ4v) is 1.63. The van der Waals surface area contributed by atoms with Crippen LogP contribution in [0.25, 0.3) is 0 Å². The Balaban J connectivity index is 2.42. The Morgan fingerprint density at radius 3 is 2.33 bits per heavy atom. The van der Waals surface area contributed by atoms with Crippen molar-refractivity contribution in [2.24, 2.45) is 5.92 Å². The first-order valence-corrected chi connectivity index (χ1v) is 4.88. The van der Waals surface area contributed by atoms with E-state index >= 15 is 0 Å². The predicted octanol–water partition coefficient (Wildman–Crippen LogP) is 2.04. The van der Waals surface area contributed by atoms with E-state index in [1.165, 1.54) is 19.3 Å². The largest absolute Gasteiger partial charge is 0.340 e. The van der Waals surface area contributed by atoms with Gasteiger partial charge in [0.1, 0.15) is 0 Å². The van der Waals surface area contributed by atoms with E-state index in [1.54, 1.807) is 6.92 Å². The average molecular weight is 169 g/mol. The van der Waals surface area contributed by atoms with Crippen LogP contribution in [0.3, 0.4) is 0 Å². The molecule has 1 aliphatic carbocycles. The monoisotopic (exact) mass is 169 g/mol. The lowest BCUT2D eigenvalue weighted by Gasteiger charge is -2.38. The van der Waals surface area contributed by atoms with Crippen LogP contribution in [0, 0.1) is 5.92 Å². The van der Waals surface area contributed by atoms with Crippen LogP contribution in [-0.4, -0.2) is 23.4 Å². The van der Waals surface area contributed by atoms with E-state index in [-0.39, 0.29) is 5.91 Å². The lowest BCUT2D eigenvalue weighted by atomic mass is 9.91. The van der Waals surface area contributed by atoms with E-state index < -0.39 is 0 Å². The zero-order valence-electron chi connectivity index (χ0n) is 8.34. The van der Waals surface area contributed by atoms with Gasteiger partial charge in [-0.25, -0.2) is 0 Å². The Bertz CT molecular complexity index is 161. The van der Waals surface area contributed by atoms with E-state index in [0.29, 0.717) is 12.0 Å². The molecule has 0 aromatic heterocycles. The van der Waals surface area contributed by atoms with E-state index in [9.17, 15) is 4.79 Å². The first kappa shape index (κ1) is 9.56. The van der Waals surface area contributed by atoms with Crippen LogP contribution in [0.2, 0.25) is 0 Å². The molecule has 0 N–H and O–H groups in total. The standard InChI is InChI=1S/C10H19NO/c1-8(2)7-11(9(3)12)10-5-4-6-10/h8,10H,4-7H2,1-3H3. The molecule has 1 amide bonds. The second-order valence-electron chi connectivity index (χ2n) is 4.15.